The van der Waals surface area contributed by atoms with Crippen molar-refractivity contribution in [2.75, 3.05) is 0 Å². The molecule has 2 N–H and O–H groups in total. The molecule has 4 heteroatoms. The van der Waals surface area contributed by atoms with E-state index in [0.29, 0.717) is 6.34 Å². The van der Waals surface area contributed by atoms with Gasteiger partial charge in [-0.2, -0.15) is 0 Å². The van der Waals surface area contributed by atoms with E-state index in [4.69, 9.17) is 10.9 Å². The van der Waals surface area contributed by atoms with Crippen molar-refractivity contribution in [1.82, 2.24) is 0 Å². The molecule has 0 rings (SSSR count). The zero-order valence-electron chi connectivity index (χ0n) is 2.43. The molecule has 0 aromatic heterocycles. The van der Waals surface area contributed by atoms with E-state index in [-0.39, 0.29) is 12.4 Å². The van der Waals surface area contributed by atoms with Gasteiger partial charge in [-0.3, -0.25) is 5.41 Å². The van der Waals surface area contributed by atoms with Crippen molar-refractivity contribution in [3.8, 4) is 0 Å². The maximum Gasteiger partial charge on any atom is 0.129 e. The zero-order valence-corrected chi connectivity index (χ0v) is 3.25. The molecular formula is CH4ClN3. The number of halogens is 1. The summed E-state index contributed by atoms with van der Waals surface area (Å²) in [6.45, 7) is 0. The van der Waals surface area contributed by atoms with Crippen molar-refractivity contribution in [2.24, 2.45) is 5.11 Å². The number of hydrogen-bond donors (Lipinski definition) is 2. The fourth-order valence-electron chi connectivity index (χ4n) is 0. The van der Waals surface area contributed by atoms with Crippen LogP contribution in [0.2, 0.25) is 0 Å². The van der Waals surface area contributed by atoms with Crippen LogP contribution >= 0.6 is 12.4 Å². The minimum absolute atomic E-state index is 0. The van der Waals surface area contributed by atoms with Gasteiger partial charge in [0.05, 0.1) is 0 Å². The SMILES string of the molecule is Cl.N=CN=N. The van der Waals surface area contributed by atoms with E-state index in [0.717, 1.165) is 0 Å². The van der Waals surface area contributed by atoms with Gasteiger partial charge in [0.2, 0.25) is 0 Å². The third-order valence-corrected chi connectivity index (χ3v) is 0.0645. The van der Waals surface area contributed by atoms with Crippen molar-refractivity contribution in [2.45, 2.75) is 0 Å². The first-order valence-corrected chi connectivity index (χ1v) is 0.770. The van der Waals surface area contributed by atoms with E-state index < -0.39 is 0 Å². The Morgan fingerprint density at radius 3 is 1.80 bits per heavy atom. The van der Waals surface area contributed by atoms with Crippen LogP contribution in [0.3, 0.4) is 0 Å². The Kier molecular flexibility index (Phi) is 16.9. The average Bonchev–Trinajstić information content (AvgIpc) is 1.37. The molecule has 0 atom stereocenters. The van der Waals surface area contributed by atoms with Crippen molar-refractivity contribution < 1.29 is 0 Å². The third-order valence-electron chi connectivity index (χ3n) is 0.0645. The molecule has 0 aliphatic rings. The lowest BCUT2D eigenvalue weighted by Crippen LogP contribution is -1.41. The van der Waals surface area contributed by atoms with Crippen LogP contribution in [0.4, 0.5) is 0 Å². The fraction of sp³-hybridized carbons (Fsp3) is 0. The molecule has 0 saturated heterocycles. The van der Waals surface area contributed by atoms with E-state index in [1.165, 1.54) is 0 Å². The quantitative estimate of drug-likeness (QED) is 0.277. The lowest BCUT2D eigenvalue weighted by molar-refractivity contribution is 1.20. The first-order valence-electron chi connectivity index (χ1n) is 0.770. The molecule has 0 aromatic rings. The van der Waals surface area contributed by atoms with Crippen LogP contribution < -0.4 is 0 Å². The third kappa shape index (κ3) is 27.6. The van der Waals surface area contributed by atoms with Gasteiger partial charge in [0.25, 0.3) is 0 Å². The molecule has 0 fully saturated rings. The Balaban J connectivity index is 0. The summed E-state index contributed by atoms with van der Waals surface area (Å²) >= 11 is 0. The van der Waals surface area contributed by atoms with Crippen LogP contribution in [0.5, 0.6) is 0 Å². The standard InChI is InChI=1S/CH3N3.ClH/c2-1-4-3;/h1-3H;1H. The van der Waals surface area contributed by atoms with Gasteiger partial charge < -0.3 is 0 Å². The van der Waals surface area contributed by atoms with Crippen LogP contribution in [0.1, 0.15) is 0 Å². The summed E-state index contributed by atoms with van der Waals surface area (Å²) in [5, 5.41) is 8.50. The van der Waals surface area contributed by atoms with Crippen LogP contribution in [-0.4, -0.2) is 6.34 Å². The molecule has 0 aromatic carbocycles. The minimum atomic E-state index is 0. The summed E-state index contributed by atoms with van der Waals surface area (Å²) in [5.41, 5.74) is 5.83. The van der Waals surface area contributed by atoms with Crippen LogP contribution in [0.15, 0.2) is 5.11 Å². The summed E-state index contributed by atoms with van der Waals surface area (Å²) in [6, 6.07) is 0. The zero-order chi connectivity index (χ0) is 3.41. The second-order valence-electron chi connectivity index (χ2n) is 0.258. The lowest BCUT2D eigenvalue weighted by atomic mass is 11.4. The average molecular weight is 93.5 g/mol. The Morgan fingerprint density at radius 2 is 1.80 bits per heavy atom. The normalized spacial score (nSPS) is 4.00. The van der Waals surface area contributed by atoms with Crippen molar-refractivity contribution in [1.29, 1.82) is 10.9 Å². The van der Waals surface area contributed by atoms with Crippen LogP contribution in [0.25, 0.3) is 0 Å². The molecule has 3 nitrogen and oxygen atoms in total. The van der Waals surface area contributed by atoms with E-state index in [9.17, 15) is 0 Å². The highest BCUT2D eigenvalue weighted by Crippen LogP contribution is 1.37. The molecule has 30 valence electrons. The fourth-order valence-corrected chi connectivity index (χ4v) is 0. The highest BCUT2D eigenvalue weighted by molar-refractivity contribution is 5.85. The van der Waals surface area contributed by atoms with Crippen molar-refractivity contribution in [3.63, 3.8) is 0 Å². The molecule has 0 bridgehead atoms. The maximum absolute atomic E-state index is 5.97. The highest BCUT2D eigenvalue weighted by atomic mass is 35.5. The van der Waals surface area contributed by atoms with Crippen LogP contribution in [-0.2, 0) is 0 Å². The Bertz CT molecular complexity index is 27.9. The molecule has 5 heavy (non-hydrogen) atoms. The maximum atomic E-state index is 5.97. The molecule has 0 spiro atoms. The van der Waals surface area contributed by atoms with Crippen molar-refractivity contribution in [3.05, 3.63) is 0 Å². The summed E-state index contributed by atoms with van der Waals surface area (Å²) < 4.78 is 0. The predicted octanol–water partition coefficient (Wildman–Crippen LogP) is 1.05. The number of rotatable bonds is 1. The van der Waals surface area contributed by atoms with E-state index in [1.54, 1.807) is 0 Å². The molecule has 0 aliphatic carbocycles. The van der Waals surface area contributed by atoms with Gasteiger partial charge in [0, 0.05) is 0 Å². The van der Waals surface area contributed by atoms with Gasteiger partial charge in [-0.1, -0.05) is 0 Å². The van der Waals surface area contributed by atoms with Gasteiger partial charge in [-0.25, -0.2) is 5.53 Å². The molecule has 0 aliphatic heterocycles. The van der Waals surface area contributed by atoms with Gasteiger partial charge in [-0.15, -0.1) is 17.5 Å². The summed E-state index contributed by atoms with van der Waals surface area (Å²) in [7, 11) is 0. The second-order valence-corrected chi connectivity index (χ2v) is 0.258. The van der Waals surface area contributed by atoms with Gasteiger partial charge >= 0.3 is 0 Å². The number of hydrogen-bond acceptors (Lipinski definition) is 2. The summed E-state index contributed by atoms with van der Waals surface area (Å²) in [6.07, 6.45) is 0.667. The molecular weight excluding hydrogens is 89.5 g/mol. The second kappa shape index (κ2) is 9.59. The highest BCUT2D eigenvalue weighted by Gasteiger charge is 1.32. The largest absolute Gasteiger partial charge is 0.288 e. The topological polar surface area (TPSA) is 60.1 Å². The lowest BCUT2D eigenvalue weighted by Gasteiger charge is -1.44. The first kappa shape index (κ1) is 8.82. The predicted molar refractivity (Wildman–Crippen MR) is 21.2 cm³/mol. The number of nitrogens with zero attached hydrogens (tertiary/aromatic N) is 1. The molecule has 0 radical (unpaired) electrons. The monoisotopic (exact) mass is 93.0 g/mol. The van der Waals surface area contributed by atoms with Crippen LogP contribution in [0, 0.1) is 10.9 Å². The minimum Gasteiger partial charge on any atom is -0.288 e. The molecule has 0 unspecified atom stereocenters. The Labute approximate surface area is 35.8 Å². The summed E-state index contributed by atoms with van der Waals surface area (Å²) in [4.78, 5) is 0. The van der Waals surface area contributed by atoms with Gasteiger partial charge in [0.15, 0.2) is 0 Å². The Hall–Kier alpha value is -0.440. The van der Waals surface area contributed by atoms with Gasteiger partial charge in [-0.05, 0) is 0 Å². The molecule has 0 amide bonds. The van der Waals surface area contributed by atoms with Gasteiger partial charge in [0.1, 0.15) is 6.34 Å². The molecule has 0 heterocycles. The summed E-state index contributed by atoms with van der Waals surface area (Å²) in [5.74, 6) is 0. The Morgan fingerprint density at radius 1 is 1.60 bits per heavy atom. The van der Waals surface area contributed by atoms with Crippen molar-refractivity contribution >= 4 is 18.7 Å². The van der Waals surface area contributed by atoms with E-state index in [1.807, 2.05) is 0 Å². The smallest absolute Gasteiger partial charge is 0.129 e. The van der Waals surface area contributed by atoms with E-state index >= 15 is 0 Å². The van der Waals surface area contributed by atoms with E-state index in [2.05, 4.69) is 5.11 Å². The number of nitrogens with one attached hydrogen (secondary N) is 2. The molecule has 0 saturated carbocycles. The first-order chi connectivity index (χ1) is 1.91.